The lowest BCUT2D eigenvalue weighted by atomic mass is 10.2. The summed E-state index contributed by atoms with van der Waals surface area (Å²) in [7, 11) is -1.34. The van der Waals surface area contributed by atoms with Crippen LogP contribution in [0.4, 0.5) is 0 Å². The van der Waals surface area contributed by atoms with Crippen LogP contribution in [-0.2, 0) is 22.8 Å². The van der Waals surface area contributed by atoms with Gasteiger partial charge in [0.15, 0.2) is 0 Å². The van der Waals surface area contributed by atoms with Gasteiger partial charge in [-0.15, -0.1) is 0 Å². The quantitative estimate of drug-likeness (QED) is 0.836. The van der Waals surface area contributed by atoms with Crippen LogP contribution in [0.3, 0.4) is 0 Å². The Bertz CT molecular complexity index is 750. The normalized spacial score (nSPS) is 17.2. The highest BCUT2D eigenvalue weighted by Gasteiger charge is 2.26. The van der Waals surface area contributed by atoms with Gasteiger partial charge in [-0.2, -0.15) is 0 Å². The summed E-state index contributed by atoms with van der Waals surface area (Å²) in [6.45, 7) is 2.46. The predicted molar refractivity (Wildman–Crippen MR) is 96.0 cm³/mol. The summed E-state index contributed by atoms with van der Waals surface area (Å²) in [5.74, 6) is 0.0215. The van der Waals surface area contributed by atoms with E-state index in [0.717, 1.165) is 24.3 Å². The maximum atomic E-state index is 12.4. The SMILES string of the molecule is Cn1cccc1C(CNS(=O)(=O)Cc1ccccc1)N1CCCC1. The molecule has 0 radical (unpaired) electrons. The summed E-state index contributed by atoms with van der Waals surface area (Å²) in [6.07, 6.45) is 4.37. The molecule has 130 valence electrons. The van der Waals surface area contributed by atoms with Gasteiger partial charge in [0.25, 0.3) is 0 Å². The number of benzene rings is 1. The number of aryl methyl sites for hydroxylation is 1. The Morgan fingerprint density at radius 1 is 1.08 bits per heavy atom. The number of hydrogen-bond donors (Lipinski definition) is 1. The van der Waals surface area contributed by atoms with Gasteiger partial charge < -0.3 is 4.57 Å². The molecule has 6 heteroatoms. The predicted octanol–water partition coefficient (Wildman–Crippen LogP) is 2.28. The van der Waals surface area contributed by atoms with E-state index in [1.807, 2.05) is 49.6 Å². The van der Waals surface area contributed by atoms with Gasteiger partial charge in [0.05, 0.1) is 11.8 Å². The molecule has 2 heterocycles. The van der Waals surface area contributed by atoms with Crippen molar-refractivity contribution in [3.63, 3.8) is 0 Å². The molecule has 1 unspecified atom stereocenters. The van der Waals surface area contributed by atoms with Crippen LogP contribution in [0, 0.1) is 0 Å². The van der Waals surface area contributed by atoms with Crippen LogP contribution in [0.1, 0.15) is 30.1 Å². The van der Waals surface area contributed by atoms with Crippen molar-refractivity contribution in [2.75, 3.05) is 19.6 Å². The van der Waals surface area contributed by atoms with Crippen LogP contribution in [0.25, 0.3) is 0 Å². The molecule has 0 bridgehead atoms. The van der Waals surface area contributed by atoms with Crippen molar-refractivity contribution in [2.45, 2.75) is 24.6 Å². The fraction of sp³-hybridized carbons (Fsp3) is 0.444. The lowest BCUT2D eigenvalue weighted by molar-refractivity contribution is 0.238. The monoisotopic (exact) mass is 347 g/mol. The van der Waals surface area contributed by atoms with E-state index in [1.54, 1.807) is 0 Å². The van der Waals surface area contributed by atoms with E-state index in [2.05, 4.69) is 20.3 Å². The minimum Gasteiger partial charge on any atom is -0.353 e. The Balaban J connectivity index is 1.70. The molecule has 2 aromatic rings. The number of likely N-dealkylation sites (tertiary alicyclic amines) is 1. The van der Waals surface area contributed by atoms with Crippen molar-refractivity contribution in [2.24, 2.45) is 7.05 Å². The fourth-order valence-electron chi connectivity index (χ4n) is 3.35. The smallest absolute Gasteiger partial charge is 0.215 e. The van der Waals surface area contributed by atoms with Crippen molar-refractivity contribution < 1.29 is 8.42 Å². The highest BCUT2D eigenvalue weighted by Crippen LogP contribution is 2.25. The van der Waals surface area contributed by atoms with E-state index < -0.39 is 10.0 Å². The maximum absolute atomic E-state index is 12.4. The lowest BCUT2D eigenvalue weighted by Crippen LogP contribution is -2.38. The number of nitrogens with one attached hydrogen (secondary N) is 1. The van der Waals surface area contributed by atoms with E-state index in [9.17, 15) is 8.42 Å². The van der Waals surface area contributed by atoms with E-state index in [1.165, 1.54) is 12.8 Å². The summed E-state index contributed by atoms with van der Waals surface area (Å²) in [5, 5.41) is 0. The standard InChI is InChI=1S/C18H25N3O2S/c1-20-11-7-10-17(20)18(21-12-5-6-13-21)14-19-24(22,23)15-16-8-3-2-4-9-16/h2-4,7-11,18-19H,5-6,12-15H2,1H3. The molecule has 1 aromatic carbocycles. The molecule has 1 aliphatic rings. The highest BCUT2D eigenvalue weighted by atomic mass is 32.2. The Morgan fingerprint density at radius 2 is 1.79 bits per heavy atom. The van der Waals surface area contributed by atoms with Gasteiger partial charge >= 0.3 is 0 Å². The number of rotatable bonds is 7. The first-order valence-electron chi connectivity index (χ1n) is 8.42. The molecule has 0 spiro atoms. The molecule has 0 amide bonds. The number of hydrogen-bond acceptors (Lipinski definition) is 3. The van der Waals surface area contributed by atoms with Crippen LogP contribution >= 0.6 is 0 Å². The molecular formula is C18H25N3O2S. The first-order chi connectivity index (χ1) is 11.6. The Hall–Kier alpha value is -1.63. The van der Waals surface area contributed by atoms with Crippen molar-refractivity contribution in [1.29, 1.82) is 0 Å². The van der Waals surface area contributed by atoms with Crippen molar-refractivity contribution in [1.82, 2.24) is 14.2 Å². The van der Waals surface area contributed by atoms with E-state index in [0.29, 0.717) is 6.54 Å². The van der Waals surface area contributed by atoms with Crippen LogP contribution in [0.15, 0.2) is 48.7 Å². The minimum atomic E-state index is -3.35. The van der Waals surface area contributed by atoms with Gasteiger partial charge in [0.2, 0.25) is 10.0 Å². The Kier molecular flexibility index (Phi) is 5.38. The molecule has 1 aromatic heterocycles. The molecule has 0 aliphatic carbocycles. The average molecular weight is 347 g/mol. The van der Waals surface area contributed by atoms with Gasteiger partial charge in [0.1, 0.15) is 0 Å². The second kappa shape index (κ2) is 7.51. The third-order valence-corrected chi connectivity index (χ3v) is 5.92. The fourth-order valence-corrected chi connectivity index (χ4v) is 4.49. The van der Waals surface area contributed by atoms with Crippen molar-refractivity contribution in [3.8, 4) is 0 Å². The van der Waals surface area contributed by atoms with Crippen LogP contribution < -0.4 is 4.72 Å². The summed E-state index contributed by atoms with van der Waals surface area (Å²) >= 11 is 0. The Morgan fingerprint density at radius 3 is 2.42 bits per heavy atom. The molecule has 1 N–H and O–H groups in total. The molecule has 0 saturated carbocycles. The van der Waals surface area contributed by atoms with E-state index in [-0.39, 0.29) is 11.8 Å². The molecule has 24 heavy (non-hydrogen) atoms. The van der Waals surface area contributed by atoms with E-state index in [4.69, 9.17) is 0 Å². The first kappa shape index (κ1) is 17.2. The summed E-state index contributed by atoms with van der Waals surface area (Å²) < 4.78 is 29.8. The molecule has 5 nitrogen and oxygen atoms in total. The second-order valence-corrected chi connectivity index (χ2v) is 8.20. The molecular weight excluding hydrogens is 322 g/mol. The van der Waals surface area contributed by atoms with Gasteiger partial charge in [0, 0.05) is 25.5 Å². The molecule has 3 rings (SSSR count). The number of sulfonamides is 1. The maximum Gasteiger partial charge on any atom is 0.215 e. The number of nitrogens with zero attached hydrogens (tertiary/aromatic N) is 2. The van der Waals surface area contributed by atoms with Crippen molar-refractivity contribution in [3.05, 3.63) is 59.9 Å². The third kappa shape index (κ3) is 4.26. The number of aromatic nitrogens is 1. The van der Waals surface area contributed by atoms with Crippen LogP contribution in [0.2, 0.25) is 0 Å². The van der Waals surface area contributed by atoms with Gasteiger partial charge in [-0.05, 0) is 43.6 Å². The van der Waals surface area contributed by atoms with Gasteiger partial charge in [-0.3, -0.25) is 4.90 Å². The topological polar surface area (TPSA) is 54.3 Å². The summed E-state index contributed by atoms with van der Waals surface area (Å²) in [4.78, 5) is 2.38. The summed E-state index contributed by atoms with van der Waals surface area (Å²) in [6, 6.07) is 13.5. The highest BCUT2D eigenvalue weighted by molar-refractivity contribution is 7.88. The molecule has 1 fully saturated rings. The minimum absolute atomic E-state index is 0.0215. The molecule has 1 saturated heterocycles. The zero-order chi connectivity index (χ0) is 17.0. The lowest BCUT2D eigenvalue weighted by Gasteiger charge is -2.28. The Labute approximate surface area is 144 Å². The zero-order valence-corrected chi connectivity index (χ0v) is 14.9. The van der Waals surface area contributed by atoms with Crippen LogP contribution in [-0.4, -0.2) is 37.5 Å². The zero-order valence-electron chi connectivity index (χ0n) is 14.1. The van der Waals surface area contributed by atoms with Crippen molar-refractivity contribution >= 4 is 10.0 Å². The second-order valence-electron chi connectivity index (χ2n) is 6.40. The average Bonchev–Trinajstić information content (AvgIpc) is 3.21. The first-order valence-corrected chi connectivity index (χ1v) is 10.1. The van der Waals surface area contributed by atoms with Crippen LogP contribution in [0.5, 0.6) is 0 Å². The largest absolute Gasteiger partial charge is 0.353 e. The van der Waals surface area contributed by atoms with Gasteiger partial charge in [-0.1, -0.05) is 30.3 Å². The summed E-state index contributed by atoms with van der Waals surface area (Å²) in [5.41, 5.74) is 1.96. The molecule has 1 atom stereocenters. The third-order valence-electron chi connectivity index (χ3n) is 4.60. The molecule has 1 aliphatic heterocycles. The van der Waals surface area contributed by atoms with Gasteiger partial charge in [-0.25, -0.2) is 13.1 Å². The van der Waals surface area contributed by atoms with E-state index >= 15 is 0 Å².